The van der Waals surface area contributed by atoms with E-state index < -0.39 is 0 Å². The maximum Gasteiger partial charge on any atom is 0.254 e. The molecule has 2 aromatic rings. The van der Waals surface area contributed by atoms with Crippen LogP contribution in [0.2, 0.25) is 0 Å². The fraction of sp³-hybridized carbons (Fsp3) is 0.579. The molecule has 0 saturated carbocycles. The molecule has 2 fully saturated rings. The fourth-order valence-electron chi connectivity index (χ4n) is 3.85. The molecule has 1 unspecified atom stereocenters. The maximum atomic E-state index is 12.1. The molecule has 1 atom stereocenters. The van der Waals surface area contributed by atoms with Gasteiger partial charge in [0.15, 0.2) is 0 Å². The standard InChI is InChI=1S/C19H26N4O2S/c1-14-4-6-26-17(14)10-23-12-19(13-23)5-3-15(11-25-19)7-20-18(24)16-8-21-22(2)9-16/h4,6,8-9,15H,3,5,7,10-13H2,1-2H3,(H,20,24). The number of carbonyl (C=O) groups excluding carboxylic acids is 1. The second-order valence-corrected chi connectivity index (χ2v) is 8.68. The Morgan fingerprint density at radius 3 is 2.96 bits per heavy atom. The molecule has 2 aliphatic heterocycles. The molecule has 0 bridgehead atoms. The summed E-state index contributed by atoms with van der Waals surface area (Å²) in [7, 11) is 1.81. The highest BCUT2D eigenvalue weighted by molar-refractivity contribution is 7.10. The van der Waals surface area contributed by atoms with Crippen molar-refractivity contribution in [2.45, 2.75) is 31.9 Å². The third kappa shape index (κ3) is 3.70. The molecule has 1 amide bonds. The summed E-state index contributed by atoms with van der Waals surface area (Å²) in [5.41, 5.74) is 2.05. The summed E-state index contributed by atoms with van der Waals surface area (Å²) in [6.45, 7) is 6.68. The highest BCUT2D eigenvalue weighted by Crippen LogP contribution is 2.37. The van der Waals surface area contributed by atoms with Gasteiger partial charge in [-0.25, -0.2) is 0 Å². The fourth-order valence-corrected chi connectivity index (χ4v) is 4.80. The van der Waals surface area contributed by atoms with Crippen LogP contribution in [0, 0.1) is 12.8 Å². The first-order chi connectivity index (χ1) is 12.5. The predicted octanol–water partition coefficient (Wildman–Crippen LogP) is 2.20. The number of thiophene rings is 1. The third-order valence-corrected chi connectivity index (χ3v) is 6.52. The average molecular weight is 375 g/mol. The zero-order valence-electron chi connectivity index (χ0n) is 15.4. The van der Waals surface area contributed by atoms with Gasteiger partial charge in [-0.3, -0.25) is 14.4 Å². The molecular formula is C19H26N4O2S. The summed E-state index contributed by atoms with van der Waals surface area (Å²) in [6, 6.07) is 2.19. The highest BCUT2D eigenvalue weighted by Gasteiger charge is 2.46. The quantitative estimate of drug-likeness (QED) is 0.872. The zero-order chi connectivity index (χ0) is 18.1. The predicted molar refractivity (Wildman–Crippen MR) is 101 cm³/mol. The first-order valence-electron chi connectivity index (χ1n) is 9.19. The van der Waals surface area contributed by atoms with Crippen molar-refractivity contribution in [3.63, 3.8) is 0 Å². The number of rotatable bonds is 5. The minimum absolute atomic E-state index is 0.0506. The van der Waals surface area contributed by atoms with Gasteiger partial charge in [0.25, 0.3) is 5.91 Å². The first kappa shape index (κ1) is 17.7. The highest BCUT2D eigenvalue weighted by atomic mass is 32.1. The van der Waals surface area contributed by atoms with Gasteiger partial charge in [-0.15, -0.1) is 11.3 Å². The van der Waals surface area contributed by atoms with Gasteiger partial charge in [0.1, 0.15) is 0 Å². The molecule has 0 aromatic carbocycles. The van der Waals surface area contributed by atoms with Crippen molar-refractivity contribution in [1.29, 1.82) is 0 Å². The Morgan fingerprint density at radius 2 is 2.35 bits per heavy atom. The molecule has 6 nitrogen and oxygen atoms in total. The van der Waals surface area contributed by atoms with Crippen LogP contribution in [0.3, 0.4) is 0 Å². The zero-order valence-corrected chi connectivity index (χ0v) is 16.2. The second-order valence-electron chi connectivity index (χ2n) is 7.68. The number of ether oxygens (including phenoxy) is 1. The summed E-state index contributed by atoms with van der Waals surface area (Å²) in [5, 5.41) is 9.21. The Balaban J connectivity index is 1.19. The molecule has 1 spiro atoms. The van der Waals surface area contributed by atoms with Crippen LogP contribution in [0.25, 0.3) is 0 Å². The van der Waals surface area contributed by atoms with E-state index >= 15 is 0 Å². The third-order valence-electron chi connectivity index (χ3n) is 5.51. The molecule has 2 aromatic heterocycles. The summed E-state index contributed by atoms with van der Waals surface area (Å²) in [5.74, 6) is 0.342. The van der Waals surface area contributed by atoms with Gasteiger partial charge in [0, 0.05) is 44.3 Å². The number of nitrogens with zero attached hydrogens (tertiary/aromatic N) is 3. The second kappa shape index (κ2) is 7.13. The van der Waals surface area contributed by atoms with Crippen molar-refractivity contribution in [3.05, 3.63) is 39.8 Å². The van der Waals surface area contributed by atoms with Crippen LogP contribution in [0.15, 0.2) is 23.8 Å². The van der Waals surface area contributed by atoms with E-state index in [1.54, 1.807) is 17.1 Å². The number of carbonyl (C=O) groups is 1. The lowest BCUT2D eigenvalue weighted by Gasteiger charge is -2.53. The van der Waals surface area contributed by atoms with Crippen molar-refractivity contribution in [2.24, 2.45) is 13.0 Å². The molecular weight excluding hydrogens is 348 g/mol. The number of aryl methyl sites for hydroxylation is 2. The van der Waals surface area contributed by atoms with E-state index in [0.29, 0.717) is 18.0 Å². The van der Waals surface area contributed by atoms with E-state index in [2.05, 4.69) is 33.7 Å². The van der Waals surface area contributed by atoms with E-state index in [1.165, 1.54) is 10.4 Å². The van der Waals surface area contributed by atoms with Crippen molar-refractivity contribution in [2.75, 3.05) is 26.2 Å². The summed E-state index contributed by atoms with van der Waals surface area (Å²) in [6.07, 6.45) is 5.53. The summed E-state index contributed by atoms with van der Waals surface area (Å²) in [4.78, 5) is 16.0. The lowest BCUT2D eigenvalue weighted by molar-refractivity contribution is -0.181. The van der Waals surface area contributed by atoms with Gasteiger partial charge in [0.2, 0.25) is 0 Å². The number of aromatic nitrogens is 2. The van der Waals surface area contributed by atoms with Crippen LogP contribution in [0.4, 0.5) is 0 Å². The van der Waals surface area contributed by atoms with E-state index in [9.17, 15) is 4.79 Å². The molecule has 2 saturated heterocycles. The Hall–Kier alpha value is -1.70. The van der Waals surface area contributed by atoms with Gasteiger partial charge < -0.3 is 10.1 Å². The van der Waals surface area contributed by atoms with Gasteiger partial charge in [-0.1, -0.05) is 0 Å². The lowest BCUT2D eigenvalue weighted by atomic mass is 9.83. The van der Waals surface area contributed by atoms with Crippen molar-refractivity contribution in [1.82, 2.24) is 20.0 Å². The molecule has 1 N–H and O–H groups in total. The Morgan fingerprint density at radius 1 is 1.50 bits per heavy atom. The van der Waals surface area contributed by atoms with Crippen LogP contribution in [0.5, 0.6) is 0 Å². The number of hydrogen-bond acceptors (Lipinski definition) is 5. The van der Waals surface area contributed by atoms with Gasteiger partial charge >= 0.3 is 0 Å². The maximum absolute atomic E-state index is 12.1. The molecule has 2 aliphatic rings. The molecule has 4 rings (SSSR count). The lowest BCUT2D eigenvalue weighted by Crippen LogP contribution is -2.64. The number of amides is 1. The van der Waals surface area contributed by atoms with Crippen LogP contribution in [-0.2, 0) is 18.3 Å². The normalized spacial score (nSPS) is 22.3. The molecule has 4 heterocycles. The van der Waals surface area contributed by atoms with Gasteiger partial charge in [-0.05, 0) is 42.7 Å². The summed E-state index contributed by atoms with van der Waals surface area (Å²) < 4.78 is 7.87. The molecule has 0 aliphatic carbocycles. The minimum Gasteiger partial charge on any atom is -0.372 e. The van der Waals surface area contributed by atoms with Crippen molar-refractivity contribution < 1.29 is 9.53 Å². The molecule has 0 radical (unpaired) electrons. The minimum atomic E-state index is -0.0560. The van der Waals surface area contributed by atoms with E-state index in [0.717, 1.165) is 39.1 Å². The molecule has 140 valence electrons. The van der Waals surface area contributed by atoms with Gasteiger partial charge in [-0.2, -0.15) is 5.10 Å². The summed E-state index contributed by atoms with van der Waals surface area (Å²) >= 11 is 1.84. The molecule has 7 heteroatoms. The average Bonchev–Trinajstić information content (AvgIpc) is 3.21. The topological polar surface area (TPSA) is 59.4 Å². The first-order valence-corrected chi connectivity index (χ1v) is 10.1. The number of hydrogen-bond donors (Lipinski definition) is 1. The van der Waals surface area contributed by atoms with Crippen LogP contribution >= 0.6 is 11.3 Å². The monoisotopic (exact) mass is 374 g/mol. The Kier molecular flexibility index (Phi) is 4.86. The van der Waals surface area contributed by atoms with Gasteiger partial charge in [0.05, 0.1) is 24.0 Å². The number of likely N-dealkylation sites (tertiary alicyclic amines) is 1. The van der Waals surface area contributed by atoms with E-state index in [4.69, 9.17) is 4.74 Å². The Bertz CT molecular complexity index is 768. The SMILES string of the molecule is Cc1ccsc1CN1CC2(CCC(CNC(=O)c3cnn(C)c3)CO2)C1. The smallest absolute Gasteiger partial charge is 0.254 e. The van der Waals surface area contributed by atoms with Crippen molar-refractivity contribution >= 4 is 17.2 Å². The molecule has 26 heavy (non-hydrogen) atoms. The van der Waals surface area contributed by atoms with E-state index in [-0.39, 0.29) is 11.5 Å². The Labute approximate surface area is 158 Å². The van der Waals surface area contributed by atoms with Crippen LogP contribution < -0.4 is 5.32 Å². The van der Waals surface area contributed by atoms with E-state index in [1.807, 2.05) is 18.4 Å². The van der Waals surface area contributed by atoms with Crippen LogP contribution in [0.1, 0.15) is 33.6 Å². The van der Waals surface area contributed by atoms with Crippen molar-refractivity contribution in [3.8, 4) is 0 Å². The largest absolute Gasteiger partial charge is 0.372 e. The number of nitrogens with one attached hydrogen (secondary N) is 1. The van der Waals surface area contributed by atoms with Crippen LogP contribution in [-0.4, -0.2) is 52.4 Å².